The summed E-state index contributed by atoms with van der Waals surface area (Å²) in [5.41, 5.74) is 3.94. The van der Waals surface area contributed by atoms with E-state index in [9.17, 15) is 0 Å². The highest BCUT2D eigenvalue weighted by Crippen LogP contribution is 2.44. The van der Waals surface area contributed by atoms with Gasteiger partial charge in [0.15, 0.2) is 7.14 Å². The molecule has 0 saturated heterocycles. The Bertz CT molecular complexity index is 2470. The highest BCUT2D eigenvalue weighted by Gasteiger charge is 2.30. The summed E-state index contributed by atoms with van der Waals surface area (Å²) in [7, 11) is -3.11. The van der Waals surface area contributed by atoms with Gasteiger partial charge in [-0.15, -0.1) is 0 Å². The summed E-state index contributed by atoms with van der Waals surface area (Å²) >= 11 is 0. The topological polar surface area (TPSA) is 30.2 Å². The van der Waals surface area contributed by atoms with E-state index in [-0.39, 0.29) is 0 Å². The molecule has 0 radical (unpaired) electrons. The zero-order valence-corrected chi connectivity index (χ0v) is 24.1. The van der Waals surface area contributed by atoms with Crippen LogP contribution in [0.25, 0.3) is 65.4 Å². The molecule has 202 valence electrons. The first kappa shape index (κ1) is 24.4. The third-order valence-electron chi connectivity index (χ3n) is 8.90. The summed E-state index contributed by atoms with van der Waals surface area (Å²) in [5, 5.41) is 12.1. The molecule has 0 atom stereocenters. The third-order valence-corrected chi connectivity index (χ3v) is 12.0. The number of benzene rings is 8. The van der Waals surface area contributed by atoms with Gasteiger partial charge in [0, 0.05) is 26.7 Å². The van der Waals surface area contributed by atoms with Crippen molar-refractivity contribution in [3.05, 3.63) is 152 Å². The van der Waals surface area contributed by atoms with E-state index in [1.165, 1.54) is 37.9 Å². The fourth-order valence-corrected chi connectivity index (χ4v) is 9.51. The Morgan fingerprint density at radius 3 is 1.70 bits per heavy atom. The van der Waals surface area contributed by atoms with E-state index in [0.717, 1.165) is 43.4 Å². The molecule has 9 rings (SSSR count). The minimum Gasteiger partial charge on any atom is -0.456 e. The Kier molecular flexibility index (Phi) is 5.21. The van der Waals surface area contributed by atoms with Gasteiger partial charge in [0.2, 0.25) is 0 Å². The Morgan fingerprint density at radius 1 is 0.419 bits per heavy atom. The molecular weight excluding hydrogens is 543 g/mol. The molecule has 0 N–H and O–H groups in total. The van der Waals surface area contributed by atoms with Crippen LogP contribution >= 0.6 is 7.14 Å². The van der Waals surface area contributed by atoms with E-state index in [4.69, 9.17) is 4.42 Å². The van der Waals surface area contributed by atoms with Crippen molar-refractivity contribution in [3.8, 4) is 11.1 Å². The van der Waals surface area contributed by atoms with Crippen molar-refractivity contribution >= 4 is 77.3 Å². The molecule has 0 spiro atoms. The Morgan fingerprint density at radius 2 is 1.00 bits per heavy atom. The molecule has 8 aromatic carbocycles. The second-order valence-corrected chi connectivity index (χ2v) is 14.0. The predicted molar refractivity (Wildman–Crippen MR) is 182 cm³/mol. The zero-order valence-electron chi connectivity index (χ0n) is 23.2. The first-order valence-corrected chi connectivity index (χ1v) is 16.2. The number of hydrogen-bond donors (Lipinski definition) is 0. The van der Waals surface area contributed by atoms with E-state index in [0.29, 0.717) is 0 Å². The summed E-state index contributed by atoms with van der Waals surface area (Å²) in [4.78, 5) is 0. The van der Waals surface area contributed by atoms with E-state index in [1.807, 2.05) is 72.8 Å². The molecule has 1 aromatic heterocycles. The lowest BCUT2D eigenvalue weighted by Gasteiger charge is -2.20. The lowest BCUT2D eigenvalue weighted by Crippen LogP contribution is -2.24. The van der Waals surface area contributed by atoms with Gasteiger partial charge in [0.05, 0.1) is 0 Å². The molecule has 0 aliphatic carbocycles. The average Bonchev–Trinajstić information content (AvgIpc) is 3.45. The van der Waals surface area contributed by atoms with E-state index >= 15 is 4.57 Å². The van der Waals surface area contributed by atoms with Crippen molar-refractivity contribution in [2.75, 3.05) is 0 Å². The summed E-state index contributed by atoms with van der Waals surface area (Å²) in [5.74, 6) is 0. The van der Waals surface area contributed by atoms with Crippen LogP contribution < -0.4 is 15.9 Å². The van der Waals surface area contributed by atoms with Crippen LogP contribution in [0.4, 0.5) is 0 Å². The smallest absolute Gasteiger partial charge is 0.171 e. The summed E-state index contributed by atoms with van der Waals surface area (Å²) in [6.45, 7) is 0. The number of furan rings is 1. The standard InChI is InChI=1S/C40H25O2P/c41-43(30-10-3-1-4-11-30,31-12-5-2-6-13-31)32-19-23-38-36(25-32)35-24-29(18-22-37(35)42-38)33-20-16-28-15-14-26-8-7-9-27-17-21-34(33)40(28)39(26)27/h1-25H. The van der Waals surface area contributed by atoms with E-state index < -0.39 is 7.14 Å². The first-order valence-electron chi connectivity index (χ1n) is 14.5. The van der Waals surface area contributed by atoms with Gasteiger partial charge in [-0.3, -0.25) is 0 Å². The predicted octanol–water partition coefficient (Wildman–Crippen LogP) is 9.79. The molecule has 0 saturated carbocycles. The molecular formula is C40H25O2P. The van der Waals surface area contributed by atoms with Crippen LogP contribution in [-0.4, -0.2) is 0 Å². The van der Waals surface area contributed by atoms with Crippen molar-refractivity contribution < 1.29 is 8.98 Å². The molecule has 0 amide bonds. The molecule has 0 unspecified atom stereocenters. The van der Waals surface area contributed by atoms with Gasteiger partial charge >= 0.3 is 0 Å². The van der Waals surface area contributed by atoms with E-state index in [2.05, 4.69) is 78.9 Å². The van der Waals surface area contributed by atoms with Crippen LogP contribution in [0.2, 0.25) is 0 Å². The molecule has 0 aliphatic rings. The van der Waals surface area contributed by atoms with Crippen LogP contribution in [0.15, 0.2) is 156 Å². The lowest BCUT2D eigenvalue weighted by molar-refractivity contribution is 0.592. The monoisotopic (exact) mass is 568 g/mol. The molecule has 0 aliphatic heterocycles. The molecule has 43 heavy (non-hydrogen) atoms. The van der Waals surface area contributed by atoms with Gasteiger partial charge < -0.3 is 8.98 Å². The SMILES string of the molecule is O=P(c1ccccc1)(c1ccccc1)c1ccc2oc3ccc(-c4ccc5ccc6cccc7ccc4c5c67)cc3c2c1. The second kappa shape index (κ2) is 9.16. The Balaban J connectivity index is 1.27. The summed E-state index contributed by atoms with van der Waals surface area (Å²) < 4.78 is 21.4. The quantitative estimate of drug-likeness (QED) is 0.156. The minimum absolute atomic E-state index is 0.791. The van der Waals surface area contributed by atoms with Crippen LogP contribution in [0, 0.1) is 0 Å². The summed E-state index contributed by atoms with van der Waals surface area (Å²) in [6.07, 6.45) is 0. The average molecular weight is 569 g/mol. The molecule has 9 aromatic rings. The number of hydrogen-bond acceptors (Lipinski definition) is 2. The van der Waals surface area contributed by atoms with Crippen LogP contribution in [-0.2, 0) is 4.57 Å². The van der Waals surface area contributed by atoms with Crippen molar-refractivity contribution in [2.45, 2.75) is 0 Å². The molecule has 1 heterocycles. The third kappa shape index (κ3) is 3.57. The molecule has 0 bridgehead atoms. The largest absolute Gasteiger partial charge is 0.456 e. The highest BCUT2D eigenvalue weighted by atomic mass is 31.2. The highest BCUT2D eigenvalue weighted by molar-refractivity contribution is 7.85. The van der Waals surface area contributed by atoms with E-state index in [1.54, 1.807) is 0 Å². The van der Waals surface area contributed by atoms with Gasteiger partial charge in [0.25, 0.3) is 0 Å². The van der Waals surface area contributed by atoms with Gasteiger partial charge in [-0.05, 0) is 73.8 Å². The van der Waals surface area contributed by atoms with Crippen molar-refractivity contribution in [2.24, 2.45) is 0 Å². The maximum atomic E-state index is 15.1. The first-order chi connectivity index (χ1) is 21.2. The van der Waals surface area contributed by atoms with Gasteiger partial charge in [-0.25, -0.2) is 0 Å². The number of fused-ring (bicyclic) bond motifs is 3. The van der Waals surface area contributed by atoms with Gasteiger partial charge in [-0.2, -0.15) is 0 Å². The molecule has 3 heteroatoms. The molecule has 2 nitrogen and oxygen atoms in total. The number of rotatable bonds is 4. The Hall–Kier alpha value is -5.17. The minimum atomic E-state index is -3.11. The Labute approximate surface area is 248 Å². The fraction of sp³-hybridized carbons (Fsp3) is 0. The maximum absolute atomic E-state index is 15.1. The van der Waals surface area contributed by atoms with Crippen molar-refractivity contribution in [3.63, 3.8) is 0 Å². The zero-order chi connectivity index (χ0) is 28.5. The summed E-state index contributed by atoms with van der Waals surface area (Å²) in [6, 6.07) is 52.0. The van der Waals surface area contributed by atoms with Crippen molar-refractivity contribution in [1.82, 2.24) is 0 Å². The normalized spacial score (nSPS) is 12.3. The van der Waals surface area contributed by atoms with Gasteiger partial charge in [0.1, 0.15) is 11.2 Å². The molecule has 0 fully saturated rings. The second-order valence-electron chi connectivity index (χ2n) is 11.2. The maximum Gasteiger partial charge on any atom is 0.171 e. The van der Waals surface area contributed by atoms with Crippen molar-refractivity contribution in [1.29, 1.82) is 0 Å². The van der Waals surface area contributed by atoms with Crippen LogP contribution in [0.3, 0.4) is 0 Å². The van der Waals surface area contributed by atoms with Crippen LogP contribution in [0.5, 0.6) is 0 Å². The van der Waals surface area contributed by atoms with Gasteiger partial charge in [-0.1, -0.05) is 121 Å². The lowest BCUT2D eigenvalue weighted by atomic mass is 9.89. The fourth-order valence-electron chi connectivity index (χ4n) is 6.84. The van der Waals surface area contributed by atoms with Crippen LogP contribution in [0.1, 0.15) is 0 Å².